The second-order valence-corrected chi connectivity index (χ2v) is 5.08. The number of amides is 1. The highest BCUT2D eigenvalue weighted by molar-refractivity contribution is 5.82. The summed E-state index contributed by atoms with van der Waals surface area (Å²) in [5, 5.41) is 12.9. The Morgan fingerprint density at radius 2 is 2.37 bits per heavy atom. The van der Waals surface area contributed by atoms with E-state index in [0.717, 1.165) is 19.3 Å². The van der Waals surface area contributed by atoms with Crippen LogP contribution in [0.15, 0.2) is 24.3 Å². The predicted molar refractivity (Wildman–Crippen MR) is 72.9 cm³/mol. The molecule has 104 valence electrons. The molecule has 4 heteroatoms. The third-order valence-electron chi connectivity index (χ3n) is 3.57. The molecule has 19 heavy (non-hydrogen) atoms. The molecule has 1 saturated carbocycles. The average molecular weight is 263 g/mol. The van der Waals surface area contributed by atoms with Gasteiger partial charge in [0.1, 0.15) is 5.75 Å². The number of ether oxygens (including phenoxy) is 1. The van der Waals surface area contributed by atoms with Crippen molar-refractivity contribution in [2.75, 3.05) is 7.11 Å². The van der Waals surface area contributed by atoms with E-state index in [2.05, 4.69) is 12.2 Å². The van der Waals surface area contributed by atoms with Crippen molar-refractivity contribution in [1.29, 1.82) is 0 Å². The molecular formula is C15H21NO3. The molecule has 0 heterocycles. The molecule has 0 aliphatic heterocycles. The lowest BCUT2D eigenvalue weighted by Crippen LogP contribution is -2.32. The molecule has 2 N–H and O–H groups in total. The van der Waals surface area contributed by atoms with E-state index in [1.54, 1.807) is 31.4 Å². The minimum Gasteiger partial charge on any atom is -0.497 e. The van der Waals surface area contributed by atoms with Crippen molar-refractivity contribution in [3.05, 3.63) is 29.8 Å². The Bertz CT molecular complexity index is 447. The van der Waals surface area contributed by atoms with Crippen LogP contribution in [0.2, 0.25) is 0 Å². The quantitative estimate of drug-likeness (QED) is 0.825. The van der Waals surface area contributed by atoms with Crippen molar-refractivity contribution >= 4 is 5.91 Å². The summed E-state index contributed by atoms with van der Waals surface area (Å²) in [6, 6.07) is 7.20. The maximum absolute atomic E-state index is 11.9. The van der Waals surface area contributed by atoms with Gasteiger partial charge in [-0.25, -0.2) is 0 Å². The average Bonchev–Trinajstić information content (AvgIpc) is 3.16. The lowest BCUT2D eigenvalue weighted by atomic mass is 10.1. The molecule has 0 spiro atoms. The van der Waals surface area contributed by atoms with Gasteiger partial charge in [-0.05, 0) is 36.5 Å². The smallest absolute Gasteiger partial charge is 0.253 e. The first-order valence-corrected chi connectivity index (χ1v) is 6.78. The molecule has 4 nitrogen and oxygen atoms in total. The molecule has 1 aromatic rings. The Labute approximate surface area is 113 Å². The molecule has 3 unspecified atom stereocenters. The van der Waals surface area contributed by atoms with Gasteiger partial charge in [-0.3, -0.25) is 4.79 Å². The molecule has 1 aliphatic carbocycles. The number of carbonyl (C=O) groups is 1. The molecule has 0 aromatic heterocycles. The van der Waals surface area contributed by atoms with Gasteiger partial charge >= 0.3 is 0 Å². The lowest BCUT2D eigenvalue weighted by molar-refractivity contribution is -0.129. The predicted octanol–water partition coefficient (Wildman–Crippen LogP) is 2.03. The minimum absolute atomic E-state index is 0.243. The van der Waals surface area contributed by atoms with Gasteiger partial charge in [-0.1, -0.05) is 25.5 Å². The van der Waals surface area contributed by atoms with Crippen LogP contribution in [0.3, 0.4) is 0 Å². The summed E-state index contributed by atoms with van der Waals surface area (Å²) in [4.78, 5) is 11.9. The van der Waals surface area contributed by atoms with Crippen LogP contribution in [-0.2, 0) is 4.79 Å². The number of hydrogen-bond acceptors (Lipinski definition) is 3. The Kier molecular flexibility index (Phi) is 4.43. The molecule has 1 fully saturated rings. The van der Waals surface area contributed by atoms with E-state index in [1.807, 2.05) is 0 Å². The fourth-order valence-electron chi connectivity index (χ4n) is 2.34. The van der Waals surface area contributed by atoms with Crippen molar-refractivity contribution in [3.8, 4) is 5.75 Å². The van der Waals surface area contributed by atoms with Gasteiger partial charge < -0.3 is 15.2 Å². The number of hydrogen-bond donors (Lipinski definition) is 2. The topological polar surface area (TPSA) is 58.6 Å². The molecule has 1 aliphatic rings. The number of benzene rings is 1. The molecule has 3 atom stereocenters. The van der Waals surface area contributed by atoms with Crippen LogP contribution >= 0.6 is 0 Å². The van der Waals surface area contributed by atoms with Gasteiger partial charge in [0.2, 0.25) is 0 Å². The number of methoxy groups -OCH3 is 1. The number of carbonyl (C=O) groups excluding carboxylic acids is 1. The third-order valence-corrected chi connectivity index (χ3v) is 3.57. The van der Waals surface area contributed by atoms with Crippen LogP contribution in [0, 0.1) is 5.92 Å². The molecule has 2 rings (SSSR count). The number of aliphatic hydroxyl groups is 1. The second kappa shape index (κ2) is 6.06. The fraction of sp³-hybridized carbons (Fsp3) is 0.533. The number of nitrogens with one attached hydrogen (secondary N) is 1. The van der Waals surface area contributed by atoms with E-state index in [4.69, 9.17) is 4.74 Å². The van der Waals surface area contributed by atoms with E-state index in [-0.39, 0.29) is 11.9 Å². The lowest BCUT2D eigenvalue weighted by Gasteiger charge is -2.12. The first-order valence-electron chi connectivity index (χ1n) is 6.78. The van der Waals surface area contributed by atoms with E-state index in [9.17, 15) is 9.90 Å². The van der Waals surface area contributed by atoms with Gasteiger partial charge in [-0.2, -0.15) is 0 Å². The maximum Gasteiger partial charge on any atom is 0.253 e. The van der Waals surface area contributed by atoms with Crippen LogP contribution in [0.1, 0.15) is 37.9 Å². The van der Waals surface area contributed by atoms with Crippen LogP contribution in [-0.4, -0.2) is 24.2 Å². The first-order chi connectivity index (χ1) is 9.15. The highest BCUT2D eigenvalue weighted by atomic mass is 16.5. The van der Waals surface area contributed by atoms with Crippen molar-refractivity contribution in [3.63, 3.8) is 0 Å². The monoisotopic (exact) mass is 263 g/mol. The van der Waals surface area contributed by atoms with Crippen molar-refractivity contribution in [2.24, 2.45) is 5.92 Å². The first kappa shape index (κ1) is 13.9. The Morgan fingerprint density at radius 1 is 1.58 bits per heavy atom. The van der Waals surface area contributed by atoms with Gasteiger partial charge in [0, 0.05) is 6.04 Å². The summed E-state index contributed by atoms with van der Waals surface area (Å²) in [5.74, 6) is 0.906. The molecule has 1 amide bonds. The normalized spacial score (nSPS) is 22.7. The second-order valence-electron chi connectivity index (χ2n) is 5.08. The Balaban J connectivity index is 1.91. The summed E-state index contributed by atoms with van der Waals surface area (Å²) in [7, 11) is 1.56. The highest BCUT2D eigenvalue weighted by Crippen LogP contribution is 2.35. The van der Waals surface area contributed by atoms with Crippen molar-refractivity contribution in [1.82, 2.24) is 5.32 Å². The zero-order valence-corrected chi connectivity index (χ0v) is 11.4. The summed E-state index contributed by atoms with van der Waals surface area (Å²) in [6.45, 7) is 2.14. The van der Waals surface area contributed by atoms with Gasteiger partial charge in [-0.15, -0.1) is 0 Å². The summed E-state index contributed by atoms with van der Waals surface area (Å²) in [5.41, 5.74) is 0.560. The molecule has 0 radical (unpaired) electrons. The zero-order chi connectivity index (χ0) is 13.8. The highest BCUT2D eigenvalue weighted by Gasteiger charge is 2.38. The van der Waals surface area contributed by atoms with Gasteiger partial charge in [0.05, 0.1) is 7.11 Å². The van der Waals surface area contributed by atoms with Crippen LogP contribution in [0.5, 0.6) is 5.75 Å². The largest absolute Gasteiger partial charge is 0.497 e. The van der Waals surface area contributed by atoms with Crippen molar-refractivity contribution < 1.29 is 14.6 Å². The fourth-order valence-corrected chi connectivity index (χ4v) is 2.34. The van der Waals surface area contributed by atoms with Crippen LogP contribution < -0.4 is 10.1 Å². The zero-order valence-electron chi connectivity index (χ0n) is 11.4. The third kappa shape index (κ3) is 3.47. The molecule has 1 aromatic carbocycles. The summed E-state index contributed by atoms with van der Waals surface area (Å²) in [6.07, 6.45) is 2.18. The van der Waals surface area contributed by atoms with Gasteiger partial charge in [0.15, 0.2) is 6.10 Å². The van der Waals surface area contributed by atoms with E-state index in [1.165, 1.54) is 0 Å². The Hall–Kier alpha value is -1.55. The molecule has 0 saturated heterocycles. The number of aliphatic hydroxyl groups excluding tert-OH is 1. The van der Waals surface area contributed by atoms with E-state index in [0.29, 0.717) is 17.2 Å². The van der Waals surface area contributed by atoms with Crippen LogP contribution in [0.25, 0.3) is 0 Å². The van der Waals surface area contributed by atoms with E-state index >= 15 is 0 Å². The van der Waals surface area contributed by atoms with Gasteiger partial charge in [0.25, 0.3) is 5.91 Å². The Morgan fingerprint density at radius 3 is 3.05 bits per heavy atom. The summed E-state index contributed by atoms with van der Waals surface area (Å²) >= 11 is 0. The number of rotatable bonds is 6. The standard InChI is InChI=1S/C15H21NO3/c1-3-5-10-9-13(10)16-15(18)14(17)11-6-4-7-12(8-11)19-2/h4,6-8,10,13-14,17H,3,5,9H2,1-2H3,(H,16,18). The minimum atomic E-state index is -1.13. The SMILES string of the molecule is CCCC1CC1NC(=O)C(O)c1cccc(OC)c1. The summed E-state index contributed by atoms with van der Waals surface area (Å²) < 4.78 is 5.08. The van der Waals surface area contributed by atoms with Crippen LogP contribution in [0.4, 0.5) is 0 Å². The molecule has 0 bridgehead atoms. The van der Waals surface area contributed by atoms with Crippen molar-refractivity contribution in [2.45, 2.75) is 38.3 Å². The molecular weight excluding hydrogens is 242 g/mol. The van der Waals surface area contributed by atoms with E-state index < -0.39 is 6.10 Å². The maximum atomic E-state index is 11.9.